The van der Waals surface area contributed by atoms with Crippen molar-refractivity contribution >= 4 is 29.6 Å². The van der Waals surface area contributed by atoms with Gasteiger partial charge in [-0.05, 0) is 35.9 Å². The molecule has 0 spiro atoms. The maximum Gasteiger partial charge on any atom is 0.336 e. The van der Waals surface area contributed by atoms with E-state index >= 15 is 0 Å². The Hall–Kier alpha value is -4.26. The van der Waals surface area contributed by atoms with E-state index in [0.29, 0.717) is 17.0 Å². The molecule has 0 unspecified atom stereocenters. The molecule has 144 valence electrons. The highest BCUT2D eigenvalue weighted by molar-refractivity contribution is 5.91. The Labute approximate surface area is 167 Å². The van der Waals surface area contributed by atoms with E-state index in [2.05, 4.69) is 10.5 Å². The number of carbonyl (C=O) groups excluding carboxylic acids is 1. The number of nitrogens with one attached hydrogen (secondary N) is 1. The number of hydrogen-bond donors (Lipinski definition) is 1. The van der Waals surface area contributed by atoms with Crippen LogP contribution in [0.25, 0.3) is 6.08 Å². The number of non-ortho nitro benzene ring substituents is 1. The van der Waals surface area contributed by atoms with Crippen molar-refractivity contribution in [1.82, 2.24) is 0 Å². The van der Waals surface area contributed by atoms with Gasteiger partial charge in [0, 0.05) is 23.8 Å². The van der Waals surface area contributed by atoms with Gasteiger partial charge in [-0.1, -0.05) is 42.5 Å². The van der Waals surface area contributed by atoms with E-state index in [9.17, 15) is 14.9 Å². The number of ether oxygens (including phenoxy) is 1. The van der Waals surface area contributed by atoms with Crippen LogP contribution in [0.15, 0.2) is 90.0 Å². The van der Waals surface area contributed by atoms with Gasteiger partial charge in [-0.15, -0.1) is 0 Å². The summed E-state index contributed by atoms with van der Waals surface area (Å²) in [7, 11) is 0. The summed E-state index contributed by atoms with van der Waals surface area (Å²) in [5.41, 5.74) is 4.86. The van der Waals surface area contributed by atoms with E-state index in [0.717, 1.165) is 5.56 Å². The Morgan fingerprint density at radius 2 is 1.66 bits per heavy atom. The van der Waals surface area contributed by atoms with Crippen LogP contribution >= 0.6 is 0 Å². The predicted molar refractivity (Wildman–Crippen MR) is 112 cm³/mol. The van der Waals surface area contributed by atoms with E-state index < -0.39 is 10.9 Å². The number of hydrogen-bond acceptors (Lipinski definition) is 6. The van der Waals surface area contributed by atoms with Gasteiger partial charge in [0.1, 0.15) is 5.75 Å². The molecule has 0 amide bonds. The Bertz CT molecular complexity index is 1050. The van der Waals surface area contributed by atoms with Gasteiger partial charge in [-0.2, -0.15) is 5.10 Å². The lowest BCUT2D eigenvalue weighted by Crippen LogP contribution is -2.05. The van der Waals surface area contributed by atoms with Crippen molar-refractivity contribution in [2.45, 2.75) is 0 Å². The molecule has 0 aliphatic heterocycles. The molecule has 0 heterocycles. The minimum Gasteiger partial charge on any atom is -0.423 e. The van der Waals surface area contributed by atoms with E-state index in [1.54, 1.807) is 42.5 Å². The average molecular weight is 387 g/mol. The number of esters is 1. The van der Waals surface area contributed by atoms with Crippen LogP contribution in [0.3, 0.4) is 0 Å². The molecule has 0 aromatic heterocycles. The van der Waals surface area contributed by atoms with Crippen molar-refractivity contribution in [1.29, 1.82) is 0 Å². The van der Waals surface area contributed by atoms with Crippen LogP contribution in [0.5, 0.6) is 5.75 Å². The normalized spacial score (nSPS) is 10.9. The van der Waals surface area contributed by atoms with Gasteiger partial charge in [0.2, 0.25) is 0 Å². The molecule has 0 saturated carbocycles. The quantitative estimate of drug-likeness (QED) is 0.159. The molecule has 7 heteroatoms. The third-order valence-electron chi connectivity index (χ3n) is 3.82. The van der Waals surface area contributed by atoms with Crippen molar-refractivity contribution in [2.24, 2.45) is 5.10 Å². The first-order chi connectivity index (χ1) is 14.1. The molecule has 0 atom stereocenters. The standard InChI is InChI=1S/C22H17N3O4/c26-22(15-10-17-6-2-1-3-7-17)29-21-9-5-4-8-18(21)16-23-24-19-11-13-20(14-12-19)25(27)28/h1-16,24H/b15-10+,23-16-. The van der Waals surface area contributed by atoms with Crippen molar-refractivity contribution in [3.8, 4) is 5.75 Å². The summed E-state index contributed by atoms with van der Waals surface area (Å²) in [6.07, 6.45) is 4.54. The lowest BCUT2D eigenvalue weighted by molar-refractivity contribution is -0.384. The van der Waals surface area contributed by atoms with Crippen molar-refractivity contribution in [3.63, 3.8) is 0 Å². The lowest BCUT2D eigenvalue weighted by Gasteiger charge is -2.05. The number of carbonyl (C=O) groups is 1. The van der Waals surface area contributed by atoms with Gasteiger partial charge in [0.25, 0.3) is 5.69 Å². The largest absolute Gasteiger partial charge is 0.423 e. The first kappa shape index (κ1) is 19.5. The summed E-state index contributed by atoms with van der Waals surface area (Å²) < 4.78 is 5.39. The highest BCUT2D eigenvalue weighted by atomic mass is 16.6. The SMILES string of the molecule is O=C(/C=C/c1ccccc1)Oc1ccccc1/C=N\Nc1ccc([N+](=O)[O-])cc1. The molecule has 3 aromatic rings. The Morgan fingerprint density at radius 3 is 2.38 bits per heavy atom. The van der Waals surface area contributed by atoms with Crippen LogP contribution in [0.2, 0.25) is 0 Å². The minimum absolute atomic E-state index is 0.000319. The third-order valence-corrected chi connectivity index (χ3v) is 3.82. The molecule has 3 rings (SSSR count). The third kappa shape index (κ3) is 5.86. The topological polar surface area (TPSA) is 93.8 Å². The van der Waals surface area contributed by atoms with E-state index in [1.165, 1.54) is 24.4 Å². The lowest BCUT2D eigenvalue weighted by atomic mass is 10.2. The second kappa shape index (κ2) is 9.61. The fourth-order valence-electron chi connectivity index (χ4n) is 2.38. The second-order valence-corrected chi connectivity index (χ2v) is 5.88. The molecule has 0 aliphatic carbocycles. The molecule has 0 saturated heterocycles. The molecule has 7 nitrogen and oxygen atoms in total. The monoisotopic (exact) mass is 387 g/mol. The summed E-state index contributed by atoms with van der Waals surface area (Å²) in [6, 6.07) is 22.3. The summed E-state index contributed by atoms with van der Waals surface area (Å²) in [6.45, 7) is 0. The zero-order valence-corrected chi connectivity index (χ0v) is 15.3. The van der Waals surface area contributed by atoms with Gasteiger partial charge >= 0.3 is 5.97 Å². The van der Waals surface area contributed by atoms with Gasteiger partial charge in [0.05, 0.1) is 16.8 Å². The maximum absolute atomic E-state index is 12.1. The number of nitro groups is 1. The fraction of sp³-hybridized carbons (Fsp3) is 0. The van der Waals surface area contributed by atoms with Gasteiger partial charge < -0.3 is 4.74 Å². The average Bonchev–Trinajstić information content (AvgIpc) is 2.74. The van der Waals surface area contributed by atoms with Crippen molar-refractivity contribution < 1.29 is 14.5 Å². The van der Waals surface area contributed by atoms with Gasteiger partial charge in [-0.25, -0.2) is 4.79 Å². The van der Waals surface area contributed by atoms with Gasteiger partial charge in [-0.3, -0.25) is 15.5 Å². The zero-order chi connectivity index (χ0) is 20.5. The smallest absolute Gasteiger partial charge is 0.336 e. The van der Waals surface area contributed by atoms with E-state index in [1.807, 2.05) is 30.3 Å². The number of benzene rings is 3. The molecule has 0 bridgehead atoms. The molecular weight excluding hydrogens is 370 g/mol. The van der Waals surface area contributed by atoms with Crippen LogP contribution in [0, 0.1) is 10.1 Å². The molecule has 3 aromatic carbocycles. The number of hydrazone groups is 1. The number of nitrogens with zero attached hydrogens (tertiary/aromatic N) is 2. The molecular formula is C22H17N3O4. The van der Waals surface area contributed by atoms with E-state index in [4.69, 9.17) is 4.74 Å². The number of rotatable bonds is 7. The summed E-state index contributed by atoms with van der Waals surface area (Å²) in [4.78, 5) is 22.3. The molecule has 0 aliphatic rings. The van der Waals surface area contributed by atoms with E-state index in [-0.39, 0.29) is 5.69 Å². The van der Waals surface area contributed by atoms with Crippen LogP contribution in [0.4, 0.5) is 11.4 Å². The second-order valence-electron chi connectivity index (χ2n) is 5.88. The Morgan fingerprint density at radius 1 is 0.966 bits per heavy atom. The minimum atomic E-state index is -0.502. The molecule has 0 fully saturated rings. The van der Waals surface area contributed by atoms with Crippen molar-refractivity contribution in [3.05, 3.63) is 106 Å². The zero-order valence-electron chi connectivity index (χ0n) is 15.3. The molecule has 0 radical (unpaired) electrons. The number of anilines is 1. The highest BCUT2D eigenvalue weighted by Gasteiger charge is 2.06. The first-order valence-corrected chi connectivity index (χ1v) is 8.69. The van der Waals surface area contributed by atoms with Crippen LogP contribution in [-0.4, -0.2) is 17.1 Å². The Kier molecular flexibility index (Phi) is 6.46. The van der Waals surface area contributed by atoms with Gasteiger partial charge in [0.15, 0.2) is 0 Å². The van der Waals surface area contributed by atoms with Crippen LogP contribution < -0.4 is 10.2 Å². The number of para-hydroxylation sites is 1. The predicted octanol–water partition coefficient (Wildman–Crippen LogP) is 4.66. The molecule has 1 N–H and O–H groups in total. The maximum atomic E-state index is 12.1. The van der Waals surface area contributed by atoms with Crippen LogP contribution in [-0.2, 0) is 4.79 Å². The molecule has 29 heavy (non-hydrogen) atoms. The summed E-state index contributed by atoms with van der Waals surface area (Å²) in [5.74, 6) is -0.137. The summed E-state index contributed by atoms with van der Waals surface area (Å²) in [5, 5.41) is 14.8. The van der Waals surface area contributed by atoms with Crippen LogP contribution in [0.1, 0.15) is 11.1 Å². The summed E-state index contributed by atoms with van der Waals surface area (Å²) >= 11 is 0. The fourth-order valence-corrected chi connectivity index (χ4v) is 2.38. The van der Waals surface area contributed by atoms with Crippen molar-refractivity contribution in [2.75, 3.05) is 5.43 Å². The first-order valence-electron chi connectivity index (χ1n) is 8.69. The number of nitro benzene ring substituents is 1. The highest BCUT2D eigenvalue weighted by Crippen LogP contribution is 2.18. The Balaban J connectivity index is 1.63.